The molecule has 1 aliphatic heterocycles. The number of hydrogen-bond donors (Lipinski definition) is 2. The van der Waals surface area contributed by atoms with Crippen molar-refractivity contribution >= 4 is 23.5 Å². The average Bonchev–Trinajstić information content (AvgIpc) is 3.06. The van der Waals surface area contributed by atoms with Gasteiger partial charge in [-0.3, -0.25) is 0 Å². The Labute approximate surface area is 183 Å². The highest BCUT2D eigenvalue weighted by atomic mass is 19.1. The van der Waals surface area contributed by atoms with Crippen molar-refractivity contribution in [3.63, 3.8) is 0 Å². The molecule has 0 radical (unpaired) electrons. The predicted molar refractivity (Wildman–Crippen MR) is 123 cm³/mol. The summed E-state index contributed by atoms with van der Waals surface area (Å²) in [5.41, 5.74) is 4.36. The molecule has 0 unspecified atom stereocenters. The van der Waals surface area contributed by atoms with Crippen molar-refractivity contribution in [3.8, 4) is 0 Å². The third-order valence-corrected chi connectivity index (χ3v) is 5.64. The molecule has 0 atom stereocenters. The molecular formula is C24H29FN6. The molecule has 1 aromatic heterocycles. The van der Waals surface area contributed by atoms with Gasteiger partial charge >= 0.3 is 0 Å². The molecule has 1 saturated heterocycles. The van der Waals surface area contributed by atoms with Crippen LogP contribution in [0.2, 0.25) is 0 Å². The van der Waals surface area contributed by atoms with E-state index in [-0.39, 0.29) is 5.82 Å². The van der Waals surface area contributed by atoms with E-state index in [0.29, 0.717) is 24.4 Å². The van der Waals surface area contributed by atoms with Crippen LogP contribution in [0.4, 0.5) is 27.9 Å². The second-order valence-corrected chi connectivity index (χ2v) is 8.09. The first kappa shape index (κ1) is 21.0. The fourth-order valence-electron chi connectivity index (χ4n) is 3.64. The molecule has 2 aromatic carbocycles. The number of anilines is 4. The van der Waals surface area contributed by atoms with Gasteiger partial charge in [-0.1, -0.05) is 31.0 Å². The maximum Gasteiger partial charge on any atom is 0.233 e. The number of nitrogens with zero attached hydrogens (tertiary/aromatic N) is 4. The summed E-state index contributed by atoms with van der Waals surface area (Å²) in [6, 6.07) is 12.6. The Balaban J connectivity index is 1.59. The van der Waals surface area contributed by atoms with Gasteiger partial charge in [-0.2, -0.15) is 15.0 Å². The monoisotopic (exact) mass is 420 g/mol. The number of aromatic nitrogens is 3. The third-order valence-electron chi connectivity index (χ3n) is 5.64. The first-order chi connectivity index (χ1) is 15.1. The van der Waals surface area contributed by atoms with E-state index >= 15 is 0 Å². The van der Waals surface area contributed by atoms with Crippen LogP contribution in [0.3, 0.4) is 0 Å². The Kier molecular flexibility index (Phi) is 6.60. The van der Waals surface area contributed by atoms with Crippen LogP contribution in [-0.4, -0.2) is 28.0 Å². The first-order valence-electron chi connectivity index (χ1n) is 10.9. The van der Waals surface area contributed by atoms with E-state index in [1.807, 2.05) is 6.07 Å². The minimum atomic E-state index is -0.243. The summed E-state index contributed by atoms with van der Waals surface area (Å²) < 4.78 is 13.2. The van der Waals surface area contributed by atoms with Gasteiger partial charge in [-0.05, 0) is 67.6 Å². The van der Waals surface area contributed by atoms with Gasteiger partial charge in [0.25, 0.3) is 0 Å². The molecule has 7 heteroatoms. The van der Waals surface area contributed by atoms with Crippen molar-refractivity contribution in [3.05, 3.63) is 65.0 Å². The molecule has 1 aliphatic rings. The lowest BCUT2D eigenvalue weighted by Crippen LogP contribution is -2.27. The molecule has 2 N–H and O–H groups in total. The Morgan fingerprint density at radius 1 is 0.839 bits per heavy atom. The van der Waals surface area contributed by atoms with Crippen LogP contribution in [0, 0.1) is 19.7 Å². The standard InChI is InChI=1S/C24H29FN6/c1-17-7-12-21(15-18(17)2)27-23-28-22(26-16-19-8-10-20(25)11-9-19)29-24(30-23)31-13-5-3-4-6-14-31/h7-12,15H,3-6,13-14,16H2,1-2H3,(H2,26,27,28,29,30). The number of aryl methyl sites for hydroxylation is 2. The van der Waals surface area contributed by atoms with Crippen LogP contribution in [0.15, 0.2) is 42.5 Å². The van der Waals surface area contributed by atoms with Crippen LogP contribution < -0.4 is 15.5 Å². The summed E-state index contributed by atoms with van der Waals surface area (Å²) in [6.45, 7) is 6.59. The topological polar surface area (TPSA) is 66.0 Å². The van der Waals surface area contributed by atoms with E-state index in [4.69, 9.17) is 4.98 Å². The van der Waals surface area contributed by atoms with Crippen molar-refractivity contribution in [1.29, 1.82) is 0 Å². The van der Waals surface area contributed by atoms with Crippen molar-refractivity contribution in [1.82, 2.24) is 15.0 Å². The number of hydrogen-bond acceptors (Lipinski definition) is 6. The second kappa shape index (κ2) is 9.73. The summed E-state index contributed by atoms with van der Waals surface area (Å²) >= 11 is 0. The van der Waals surface area contributed by atoms with Gasteiger partial charge in [0.2, 0.25) is 17.8 Å². The summed E-state index contributed by atoms with van der Waals surface area (Å²) in [4.78, 5) is 16.2. The van der Waals surface area contributed by atoms with Crippen molar-refractivity contribution in [2.75, 3.05) is 28.6 Å². The van der Waals surface area contributed by atoms with E-state index < -0.39 is 0 Å². The highest BCUT2D eigenvalue weighted by Crippen LogP contribution is 2.22. The molecule has 0 aliphatic carbocycles. The maximum atomic E-state index is 13.2. The minimum absolute atomic E-state index is 0.243. The average molecular weight is 421 g/mol. The fraction of sp³-hybridized carbons (Fsp3) is 0.375. The molecule has 0 amide bonds. The van der Waals surface area contributed by atoms with Crippen LogP contribution >= 0.6 is 0 Å². The quantitative estimate of drug-likeness (QED) is 0.559. The van der Waals surface area contributed by atoms with Gasteiger partial charge in [0, 0.05) is 25.3 Å². The van der Waals surface area contributed by atoms with E-state index in [2.05, 4.69) is 51.5 Å². The molecule has 0 spiro atoms. The maximum absolute atomic E-state index is 13.2. The zero-order chi connectivity index (χ0) is 21.6. The Morgan fingerprint density at radius 2 is 1.55 bits per heavy atom. The molecule has 6 nitrogen and oxygen atoms in total. The molecule has 1 fully saturated rings. The van der Waals surface area contributed by atoms with E-state index in [1.165, 1.54) is 36.1 Å². The minimum Gasteiger partial charge on any atom is -0.350 e. The normalized spacial score (nSPS) is 14.2. The second-order valence-electron chi connectivity index (χ2n) is 8.09. The Morgan fingerprint density at radius 3 is 2.26 bits per heavy atom. The smallest absolute Gasteiger partial charge is 0.233 e. The number of nitrogens with one attached hydrogen (secondary N) is 2. The van der Waals surface area contributed by atoms with E-state index in [9.17, 15) is 4.39 Å². The van der Waals surface area contributed by atoms with Crippen molar-refractivity contribution < 1.29 is 4.39 Å². The van der Waals surface area contributed by atoms with Gasteiger partial charge in [0.05, 0.1) is 0 Å². The number of halogens is 1. The highest BCUT2D eigenvalue weighted by Gasteiger charge is 2.16. The summed E-state index contributed by atoms with van der Waals surface area (Å²) in [7, 11) is 0. The van der Waals surface area contributed by atoms with Gasteiger partial charge in [0.15, 0.2) is 0 Å². The van der Waals surface area contributed by atoms with Crippen molar-refractivity contribution in [2.45, 2.75) is 46.1 Å². The molecule has 31 heavy (non-hydrogen) atoms. The SMILES string of the molecule is Cc1ccc(Nc2nc(NCc3ccc(F)cc3)nc(N3CCCCCC3)n2)cc1C. The van der Waals surface area contributed by atoms with Crippen LogP contribution in [0.5, 0.6) is 0 Å². The summed E-state index contributed by atoms with van der Waals surface area (Å²) in [6.07, 6.45) is 4.77. The van der Waals surface area contributed by atoms with Gasteiger partial charge in [-0.25, -0.2) is 4.39 Å². The summed E-state index contributed by atoms with van der Waals surface area (Å²) in [5.74, 6) is 1.46. The lowest BCUT2D eigenvalue weighted by molar-refractivity contribution is 0.627. The predicted octanol–water partition coefficient (Wildman–Crippen LogP) is 5.36. The highest BCUT2D eigenvalue weighted by molar-refractivity contribution is 5.58. The molecule has 0 saturated carbocycles. The fourth-order valence-corrected chi connectivity index (χ4v) is 3.64. The zero-order valence-corrected chi connectivity index (χ0v) is 18.2. The molecule has 3 aromatic rings. The third kappa shape index (κ3) is 5.69. The van der Waals surface area contributed by atoms with Crippen LogP contribution in [0.25, 0.3) is 0 Å². The molecule has 2 heterocycles. The van der Waals surface area contributed by atoms with E-state index in [1.54, 1.807) is 12.1 Å². The Hall–Kier alpha value is -3.22. The zero-order valence-electron chi connectivity index (χ0n) is 18.2. The lowest BCUT2D eigenvalue weighted by Gasteiger charge is -2.21. The number of rotatable bonds is 6. The van der Waals surface area contributed by atoms with Gasteiger partial charge in [-0.15, -0.1) is 0 Å². The molecule has 162 valence electrons. The van der Waals surface area contributed by atoms with E-state index in [0.717, 1.165) is 37.2 Å². The molecule has 4 rings (SSSR count). The molecular weight excluding hydrogens is 391 g/mol. The van der Waals surface area contributed by atoms with Crippen LogP contribution in [-0.2, 0) is 6.54 Å². The number of benzene rings is 2. The summed E-state index contributed by atoms with van der Waals surface area (Å²) in [5, 5.41) is 6.61. The van der Waals surface area contributed by atoms with Crippen molar-refractivity contribution in [2.24, 2.45) is 0 Å². The largest absolute Gasteiger partial charge is 0.350 e. The Bertz CT molecular complexity index is 1010. The lowest BCUT2D eigenvalue weighted by atomic mass is 10.1. The first-order valence-corrected chi connectivity index (χ1v) is 10.9. The van der Waals surface area contributed by atoms with Gasteiger partial charge in [0.1, 0.15) is 5.82 Å². The molecule has 0 bridgehead atoms. The van der Waals surface area contributed by atoms with Gasteiger partial charge < -0.3 is 15.5 Å². The van der Waals surface area contributed by atoms with Crippen LogP contribution in [0.1, 0.15) is 42.4 Å².